The number of ether oxygens (including phenoxy) is 1. The van der Waals surface area contributed by atoms with Gasteiger partial charge in [0.05, 0.1) is 28.7 Å². The van der Waals surface area contributed by atoms with Crippen LogP contribution in [-0.2, 0) is 17.5 Å². The van der Waals surface area contributed by atoms with Gasteiger partial charge in [0.2, 0.25) is 0 Å². The Hall–Kier alpha value is -3.04. The van der Waals surface area contributed by atoms with Crippen LogP contribution in [0.2, 0.25) is 0 Å². The van der Waals surface area contributed by atoms with Gasteiger partial charge in [-0.3, -0.25) is 0 Å². The Morgan fingerprint density at radius 1 is 1.13 bits per heavy atom. The molecular formula is C20H18F6N2O2. The number of nitrogens with zero attached hydrogens (tertiary/aromatic N) is 2. The molecule has 0 spiro atoms. The number of hydrogen-bond acceptors (Lipinski definition) is 3. The van der Waals surface area contributed by atoms with Crippen LogP contribution >= 0.6 is 0 Å². The minimum absolute atomic E-state index is 0.124. The molecule has 0 unspecified atom stereocenters. The van der Waals surface area contributed by atoms with Gasteiger partial charge >= 0.3 is 12.1 Å². The van der Waals surface area contributed by atoms with Gasteiger partial charge in [-0.15, -0.1) is 0 Å². The molecule has 30 heavy (non-hydrogen) atoms. The van der Waals surface area contributed by atoms with Crippen LogP contribution in [0.25, 0.3) is 0 Å². The highest BCUT2D eigenvalue weighted by atomic mass is 19.4. The molecule has 0 amide bonds. The average Bonchev–Trinajstić information content (AvgIpc) is 2.63. The maximum Gasteiger partial charge on any atom is 0.418 e. The van der Waals surface area contributed by atoms with Gasteiger partial charge in [-0.25, -0.2) is 23.0 Å². The molecule has 0 saturated heterocycles. The molecule has 0 aliphatic heterocycles. The van der Waals surface area contributed by atoms with Gasteiger partial charge in [-0.2, -0.15) is 13.2 Å². The highest BCUT2D eigenvalue weighted by molar-refractivity contribution is 5.92. The van der Waals surface area contributed by atoms with Crippen molar-refractivity contribution in [1.82, 2.24) is 4.90 Å². The quantitative estimate of drug-likeness (QED) is 0.266. The Morgan fingerprint density at radius 2 is 1.73 bits per heavy atom. The first-order valence-corrected chi connectivity index (χ1v) is 8.70. The summed E-state index contributed by atoms with van der Waals surface area (Å²) in [5.74, 6) is -4.94. The molecule has 4 nitrogen and oxygen atoms in total. The molecule has 2 aromatic rings. The third kappa shape index (κ3) is 5.52. The van der Waals surface area contributed by atoms with Crippen LogP contribution in [0.15, 0.2) is 29.3 Å². The Morgan fingerprint density at radius 3 is 2.27 bits per heavy atom. The van der Waals surface area contributed by atoms with Crippen LogP contribution < -0.4 is 0 Å². The summed E-state index contributed by atoms with van der Waals surface area (Å²) in [6.45, 7) is 2.76. The number of aryl methyl sites for hydroxylation is 1. The van der Waals surface area contributed by atoms with E-state index in [1.165, 1.54) is 13.3 Å². The molecule has 0 aliphatic carbocycles. The normalized spacial score (nSPS) is 11.8. The van der Waals surface area contributed by atoms with E-state index in [1.807, 2.05) is 0 Å². The molecule has 0 N–H and O–H groups in total. The zero-order chi connectivity index (χ0) is 22.6. The molecule has 2 rings (SSSR count). The van der Waals surface area contributed by atoms with Crippen LogP contribution in [0.4, 0.5) is 32.0 Å². The number of benzene rings is 2. The van der Waals surface area contributed by atoms with Crippen molar-refractivity contribution in [3.63, 3.8) is 0 Å². The molecule has 0 atom stereocenters. The van der Waals surface area contributed by atoms with Gasteiger partial charge in [-0.1, -0.05) is 0 Å². The van der Waals surface area contributed by atoms with Gasteiger partial charge in [0.1, 0.15) is 24.1 Å². The zero-order valence-corrected chi connectivity index (χ0v) is 16.3. The Kier molecular flexibility index (Phi) is 7.12. The van der Waals surface area contributed by atoms with Crippen LogP contribution in [0.1, 0.15) is 34.0 Å². The third-order valence-corrected chi connectivity index (χ3v) is 4.21. The molecule has 162 valence electrons. The monoisotopic (exact) mass is 432 g/mol. The van der Waals surface area contributed by atoms with Gasteiger partial charge < -0.3 is 9.64 Å². The van der Waals surface area contributed by atoms with Gasteiger partial charge in [0.25, 0.3) is 0 Å². The van der Waals surface area contributed by atoms with Crippen molar-refractivity contribution in [3.05, 3.63) is 64.0 Å². The lowest BCUT2D eigenvalue weighted by molar-refractivity contribution is -0.137. The fourth-order valence-corrected chi connectivity index (χ4v) is 2.41. The van der Waals surface area contributed by atoms with E-state index in [4.69, 9.17) is 4.74 Å². The molecule has 0 radical (unpaired) electrons. The average molecular weight is 432 g/mol. The predicted octanol–water partition coefficient (Wildman–Crippen LogP) is 5.40. The number of esters is 1. The van der Waals surface area contributed by atoms with Crippen LogP contribution in [0, 0.1) is 24.4 Å². The molecule has 10 heteroatoms. The maximum absolute atomic E-state index is 13.7. The Labute approximate surface area is 168 Å². The second kappa shape index (κ2) is 9.19. The number of alkyl halides is 3. The van der Waals surface area contributed by atoms with Gasteiger partial charge in [-0.05, 0) is 31.5 Å². The van der Waals surface area contributed by atoms with Gasteiger partial charge in [0, 0.05) is 25.7 Å². The minimum Gasteiger partial charge on any atom is -0.457 e. The van der Waals surface area contributed by atoms with E-state index in [-0.39, 0.29) is 5.56 Å². The van der Waals surface area contributed by atoms with E-state index in [1.54, 1.807) is 18.9 Å². The lowest BCUT2D eigenvalue weighted by atomic mass is 10.0. The number of carbonyl (C=O) groups excluding carboxylic acids is 1. The molecule has 0 bridgehead atoms. The molecule has 0 heterocycles. The first-order chi connectivity index (χ1) is 13.9. The fourth-order valence-electron chi connectivity index (χ4n) is 2.41. The summed E-state index contributed by atoms with van der Waals surface area (Å²) in [6.07, 6.45) is -3.59. The second-order valence-corrected chi connectivity index (χ2v) is 6.42. The van der Waals surface area contributed by atoms with E-state index in [9.17, 15) is 31.1 Å². The largest absolute Gasteiger partial charge is 0.457 e. The van der Waals surface area contributed by atoms with Crippen molar-refractivity contribution in [2.75, 3.05) is 13.6 Å². The summed E-state index contributed by atoms with van der Waals surface area (Å²) in [7, 11) is 1.63. The molecule has 2 aromatic carbocycles. The summed E-state index contributed by atoms with van der Waals surface area (Å²) >= 11 is 0. The maximum atomic E-state index is 13.7. The van der Waals surface area contributed by atoms with Gasteiger partial charge in [0.15, 0.2) is 0 Å². The molecular weight excluding hydrogens is 414 g/mol. The second-order valence-electron chi connectivity index (χ2n) is 6.42. The molecule has 0 fully saturated rings. The summed E-state index contributed by atoms with van der Waals surface area (Å²) in [5, 5.41) is 0. The number of halogens is 6. The number of hydrogen-bond donors (Lipinski definition) is 0. The van der Waals surface area contributed by atoms with E-state index in [2.05, 4.69) is 4.99 Å². The van der Waals surface area contributed by atoms with Crippen molar-refractivity contribution < 1.29 is 35.9 Å². The third-order valence-electron chi connectivity index (χ3n) is 4.21. The Bertz CT molecular complexity index is 949. The highest BCUT2D eigenvalue weighted by Crippen LogP contribution is 2.38. The first-order valence-electron chi connectivity index (χ1n) is 8.70. The van der Waals surface area contributed by atoms with E-state index in [0.717, 1.165) is 6.07 Å². The number of carbonyl (C=O) groups is 1. The van der Waals surface area contributed by atoms with Crippen LogP contribution in [0.3, 0.4) is 0 Å². The van der Waals surface area contributed by atoms with E-state index in [0.29, 0.717) is 24.7 Å². The predicted molar refractivity (Wildman–Crippen MR) is 98.1 cm³/mol. The van der Waals surface area contributed by atoms with Crippen molar-refractivity contribution in [3.8, 4) is 0 Å². The van der Waals surface area contributed by atoms with Crippen LogP contribution in [0.5, 0.6) is 0 Å². The van der Waals surface area contributed by atoms with E-state index < -0.39 is 58.6 Å². The minimum atomic E-state index is -4.81. The van der Waals surface area contributed by atoms with E-state index >= 15 is 0 Å². The standard InChI is InChI=1S/C20H18F6N2O2/c1-4-28(3)10-27-18-5-11(2)13(8-15(18)20(24,25)26)19(29)30-9-14-16(22)6-12(21)7-17(14)23/h5-8,10H,4,9H2,1-3H3. The topological polar surface area (TPSA) is 41.9 Å². The smallest absolute Gasteiger partial charge is 0.418 e. The Balaban J connectivity index is 2.35. The molecule has 0 aromatic heterocycles. The van der Waals surface area contributed by atoms with Crippen molar-refractivity contribution in [2.45, 2.75) is 26.6 Å². The van der Waals surface area contributed by atoms with Crippen molar-refractivity contribution in [2.24, 2.45) is 4.99 Å². The first kappa shape index (κ1) is 23.2. The number of rotatable bonds is 6. The molecule has 0 aliphatic rings. The lowest BCUT2D eigenvalue weighted by Crippen LogP contribution is -2.15. The number of aliphatic imine (C=N–C) groups is 1. The summed E-state index contributed by atoms with van der Waals surface area (Å²) in [5.41, 5.74) is -2.60. The SMILES string of the molecule is CCN(C)C=Nc1cc(C)c(C(=O)OCc2c(F)cc(F)cc2F)cc1C(F)(F)F. The molecule has 0 saturated carbocycles. The zero-order valence-electron chi connectivity index (χ0n) is 16.3. The van der Waals surface area contributed by atoms with Crippen molar-refractivity contribution >= 4 is 18.0 Å². The van der Waals surface area contributed by atoms with Crippen molar-refractivity contribution in [1.29, 1.82) is 0 Å². The fraction of sp³-hybridized carbons (Fsp3) is 0.300. The highest BCUT2D eigenvalue weighted by Gasteiger charge is 2.35. The summed E-state index contributed by atoms with van der Waals surface area (Å²) in [6, 6.07) is 2.45. The lowest BCUT2D eigenvalue weighted by Gasteiger charge is -2.15. The van der Waals surface area contributed by atoms with Crippen LogP contribution in [-0.4, -0.2) is 30.8 Å². The summed E-state index contributed by atoms with van der Waals surface area (Å²) < 4.78 is 85.4. The summed E-state index contributed by atoms with van der Waals surface area (Å²) in [4.78, 5) is 17.7.